The summed E-state index contributed by atoms with van der Waals surface area (Å²) >= 11 is 0. The van der Waals surface area contributed by atoms with E-state index in [1.54, 1.807) is 27.7 Å². The van der Waals surface area contributed by atoms with Crippen LogP contribution in [0.1, 0.15) is 46.1 Å². The first-order chi connectivity index (χ1) is 10.8. The molecule has 0 aliphatic carbocycles. The third-order valence-corrected chi connectivity index (χ3v) is 3.04. The molecule has 5 nitrogen and oxygen atoms in total. The number of alkyl carbamates (subject to hydrolysis) is 1. The van der Waals surface area contributed by atoms with Crippen LogP contribution in [-0.4, -0.2) is 30.1 Å². The second-order valence-electron chi connectivity index (χ2n) is 6.48. The summed E-state index contributed by atoms with van der Waals surface area (Å²) in [5, 5.41) is 2.55. The molecule has 1 aromatic carbocycles. The smallest absolute Gasteiger partial charge is 0.408 e. The molecule has 0 fully saturated rings. The summed E-state index contributed by atoms with van der Waals surface area (Å²) in [6.07, 6.45) is 0.427. The van der Waals surface area contributed by atoms with E-state index < -0.39 is 17.7 Å². The van der Waals surface area contributed by atoms with Crippen molar-refractivity contribution in [2.45, 2.75) is 58.8 Å². The Morgan fingerprint density at radius 1 is 1.17 bits per heavy atom. The van der Waals surface area contributed by atoms with Crippen molar-refractivity contribution in [1.29, 1.82) is 0 Å². The highest BCUT2D eigenvalue weighted by molar-refractivity contribution is 5.86. The number of carbonyl (C=O) groups is 2. The predicted octanol–water partition coefficient (Wildman–Crippen LogP) is 3.47. The molecule has 5 heteroatoms. The number of rotatable bonds is 8. The number of nitrogens with one attached hydrogen (secondary N) is 1. The summed E-state index contributed by atoms with van der Waals surface area (Å²) in [7, 11) is 0. The predicted molar refractivity (Wildman–Crippen MR) is 89.2 cm³/mol. The first kappa shape index (κ1) is 19.2. The number of amides is 1. The van der Waals surface area contributed by atoms with Crippen LogP contribution >= 0.6 is 0 Å². The van der Waals surface area contributed by atoms with Crippen LogP contribution in [0.4, 0.5) is 4.79 Å². The Morgan fingerprint density at radius 2 is 1.83 bits per heavy atom. The molecular formula is C18H27NO4. The lowest BCUT2D eigenvalue weighted by atomic mass is 10.1. The number of ketones is 1. The fourth-order valence-corrected chi connectivity index (χ4v) is 1.89. The maximum atomic E-state index is 12.0. The normalized spacial score (nSPS) is 12.5. The summed E-state index contributed by atoms with van der Waals surface area (Å²) in [6.45, 7) is 8.06. The molecule has 1 aromatic rings. The van der Waals surface area contributed by atoms with Gasteiger partial charge in [-0.2, -0.15) is 0 Å². The maximum Gasteiger partial charge on any atom is 0.408 e. The van der Waals surface area contributed by atoms with Crippen molar-refractivity contribution in [2.24, 2.45) is 0 Å². The first-order valence-electron chi connectivity index (χ1n) is 7.92. The molecule has 0 radical (unpaired) electrons. The van der Waals surface area contributed by atoms with Crippen LogP contribution in [-0.2, 0) is 20.9 Å². The van der Waals surface area contributed by atoms with E-state index in [1.807, 2.05) is 30.3 Å². The molecule has 0 saturated heterocycles. The maximum absolute atomic E-state index is 12.0. The molecule has 0 aliphatic heterocycles. The van der Waals surface area contributed by atoms with Gasteiger partial charge in [-0.3, -0.25) is 4.79 Å². The average Bonchev–Trinajstić information content (AvgIpc) is 2.45. The Balaban J connectivity index is 2.16. The molecule has 0 bridgehead atoms. The molecule has 0 aromatic heterocycles. The van der Waals surface area contributed by atoms with Crippen LogP contribution in [0.5, 0.6) is 0 Å². The zero-order valence-corrected chi connectivity index (χ0v) is 14.4. The van der Waals surface area contributed by atoms with Gasteiger partial charge in [0, 0.05) is 13.0 Å². The summed E-state index contributed by atoms with van der Waals surface area (Å²) in [5.41, 5.74) is 0.539. The Bertz CT molecular complexity index is 493. The van der Waals surface area contributed by atoms with Crippen molar-refractivity contribution in [1.82, 2.24) is 5.32 Å². The molecule has 23 heavy (non-hydrogen) atoms. The lowest BCUT2D eigenvalue weighted by Gasteiger charge is -2.21. The average molecular weight is 321 g/mol. The zero-order valence-electron chi connectivity index (χ0n) is 14.4. The molecule has 0 spiro atoms. The lowest BCUT2D eigenvalue weighted by Crippen LogP contribution is -2.41. The van der Waals surface area contributed by atoms with Crippen LogP contribution in [0.2, 0.25) is 0 Å². The Morgan fingerprint density at radius 3 is 2.43 bits per heavy atom. The topological polar surface area (TPSA) is 64.6 Å². The molecule has 1 N–H and O–H groups in total. The number of benzene rings is 1. The van der Waals surface area contributed by atoms with Crippen molar-refractivity contribution in [3.63, 3.8) is 0 Å². The van der Waals surface area contributed by atoms with Crippen molar-refractivity contribution in [2.75, 3.05) is 6.61 Å². The summed E-state index contributed by atoms with van der Waals surface area (Å²) in [5.74, 6) is -0.0285. The Labute approximate surface area is 138 Å². The van der Waals surface area contributed by atoms with Crippen LogP contribution in [0.15, 0.2) is 30.3 Å². The van der Waals surface area contributed by atoms with E-state index in [1.165, 1.54) is 0 Å². The SMILES string of the molecule is C[C@H](NC(=O)OC(C)(C)C)C(=O)CCCOCc1ccccc1. The van der Waals surface area contributed by atoms with Gasteiger partial charge in [0.15, 0.2) is 5.78 Å². The third kappa shape index (κ3) is 8.98. The molecule has 1 rings (SSSR count). The summed E-state index contributed by atoms with van der Waals surface area (Å²) in [4.78, 5) is 23.5. The van der Waals surface area contributed by atoms with Gasteiger partial charge >= 0.3 is 6.09 Å². The lowest BCUT2D eigenvalue weighted by molar-refractivity contribution is -0.121. The second kappa shape index (κ2) is 9.30. The largest absolute Gasteiger partial charge is 0.444 e. The van der Waals surface area contributed by atoms with Crippen LogP contribution in [0.25, 0.3) is 0 Å². The van der Waals surface area contributed by atoms with E-state index in [0.29, 0.717) is 26.1 Å². The molecule has 1 atom stereocenters. The molecule has 0 aliphatic rings. The fourth-order valence-electron chi connectivity index (χ4n) is 1.89. The first-order valence-corrected chi connectivity index (χ1v) is 7.92. The van der Waals surface area contributed by atoms with Crippen molar-refractivity contribution >= 4 is 11.9 Å². The van der Waals surface area contributed by atoms with Crippen molar-refractivity contribution < 1.29 is 19.1 Å². The van der Waals surface area contributed by atoms with Crippen LogP contribution in [0, 0.1) is 0 Å². The number of ether oxygens (including phenoxy) is 2. The fraction of sp³-hybridized carbons (Fsp3) is 0.556. The van der Waals surface area contributed by atoms with E-state index >= 15 is 0 Å². The highest BCUT2D eigenvalue weighted by Gasteiger charge is 2.20. The summed E-state index contributed by atoms with van der Waals surface area (Å²) < 4.78 is 10.7. The number of carbonyl (C=O) groups excluding carboxylic acids is 2. The van der Waals surface area contributed by atoms with Gasteiger partial charge in [0.2, 0.25) is 0 Å². The number of Topliss-reactive ketones (excluding diaryl/α,β-unsaturated/α-hetero) is 1. The quantitative estimate of drug-likeness (QED) is 0.745. The van der Waals surface area contributed by atoms with E-state index in [-0.39, 0.29) is 5.78 Å². The Kier molecular flexibility index (Phi) is 7.75. The van der Waals surface area contributed by atoms with E-state index in [2.05, 4.69) is 5.32 Å². The third-order valence-electron chi connectivity index (χ3n) is 3.04. The van der Waals surface area contributed by atoms with Gasteiger partial charge < -0.3 is 14.8 Å². The second-order valence-corrected chi connectivity index (χ2v) is 6.48. The standard InChI is InChI=1S/C18H27NO4/c1-14(19-17(21)23-18(2,3)4)16(20)11-8-12-22-13-15-9-6-5-7-10-15/h5-7,9-10,14H,8,11-13H2,1-4H3,(H,19,21)/t14-/m0/s1. The van der Waals surface area contributed by atoms with Crippen molar-refractivity contribution in [3.8, 4) is 0 Å². The number of hydrogen-bond donors (Lipinski definition) is 1. The van der Waals surface area contributed by atoms with Gasteiger partial charge in [0.05, 0.1) is 12.6 Å². The zero-order chi connectivity index (χ0) is 17.3. The Hall–Kier alpha value is -1.88. The van der Waals surface area contributed by atoms with Crippen molar-refractivity contribution in [3.05, 3.63) is 35.9 Å². The molecule has 128 valence electrons. The van der Waals surface area contributed by atoms with Crippen LogP contribution < -0.4 is 5.32 Å². The van der Waals surface area contributed by atoms with Crippen LogP contribution in [0.3, 0.4) is 0 Å². The minimum atomic E-state index is -0.571. The molecule has 0 heterocycles. The van der Waals surface area contributed by atoms with Gasteiger partial charge in [-0.1, -0.05) is 30.3 Å². The highest BCUT2D eigenvalue weighted by atomic mass is 16.6. The minimum Gasteiger partial charge on any atom is -0.444 e. The van der Waals surface area contributed by atoms with Gasteiger partial charge in [-0.15, -0.1) is 0 Å². The minimum absolute atomic E-state index is 0.0285. The highest BCUT2D eigenvalue weighted by Crippen LogP contribution is 2.07. The van der Waals surface area contributed by atoms with E-state index in [9.17, 15) is 9.59 Å². The van der Waals surface area contributed by atoms with Gasteiger partial charge in [-0.05, 0) is 39.7 Å². The van der Waals surface area contributed by atoms with Gasteiger partial charge in [-0.25, -0.2) is 4.79 Å². The summed E-state index contributed by atoms with van der Waals surface area (Å²) in [6, 6.07) is 9.33. The molecule has 0 saturated carbocycles. The van der Waals surface area contributed by atoms with Gasteiger partial charge in [0.25, 0.3) is 0 Å². The monoisotopic (exact) mass is 321 g/mol. The number of hydrogen-bond acceptors (Lipinski definition) is 4. The van der Waals surface area contributed by atoms with Gasteiger partial charge in [0.1, 0.15) is 5.60 Å². The van der Waals surface area contributed by atoms with E-state index in [4.69, 9.17) is 9.47 Å². The molecular weight excluding hydrogens is 294 g/mol. The van der Waals surface area contributed by atoms with E-state index in [0.717, 1.165) is 5.56 Å². The molecule has 0 unspecified atom stereocenters. The molecule has 1 amide bonds.